The summed E-state index contributed by atoms with van der Waals surface area (Å²) in [4.78, 5) is 28.9. The molecule has 8 nitrogen and oxygen atoms in total. The summed E-state index contributed by atoms with van der Waals surface area (Å²) in [5.74, 6) is -0.972. The number of nitrogens with one attached hydrogen (secondary N) is 1. The number of imide groups is 1. The van der Waals surface area contributed by atoms with Gasteiger partial charge in [0, 0.05) is 31.2 Å². The molecule has 0 bridgehead atoms. The van der Waals surface area contributed by atoms with Crippen LogP contribution in [0.1, 0.15) is 18.9 Å². The molecule has 4 rings (SSSR count). The van der Waals surface area contributed by atoms with Crippen molar-refractivity contribution in [2.75, 3.05) is 32.8 Å². The summed E-state index contributed by atoms with van der Waals surface area (Å²) in [5.41, 5.74) is -0.509. The third-order valence-electron chi connectivity index (χ3n) is 6.15. The maximum absolute atomic E-state index is 13.5. The number of hydrogen-bond acceptors (Lipinski definition) is 5. The number of rotatable bonds is 6. The van der Waals surface area contributed by atoms with E-state index in [1.165, 1.54) is 22.5 Å². The van der Waals surface area contributed by atoms with Crippen LogP contribution in [-0.2, 0) is 20.4 Å². The van der Waals surface area contributed by atoms with Gasteiger partial charge in [0.25, 0.3) is 5.91 Å². The van der Waals surface area contributed by atoms with Gasteiger partial charge in [-0.1, -0.05) is 36.7 Å². The van der Waals surface area contributed by atoms with E-state index in [-0.39, 0.29) is 30.6 Å². The van der Waals surface area contributed by atoms with E-state index in [4.69, 9.17) is 11.6 Å². The van der Waals surface area contributed by atoms with E-state index in [9.17, 15) is 22.4 Å². The van der Waals surface area contributed by atoms with E-state index in [0.29, 0.717) is 30.1 Å². The summed E-state index contributed by atoms with van der Waals surface area (Å²) in [5, 5.41) is 3.36. The van der Waals surface area contributed by atoms with Crippen LogP contribution in [0.2, 0.25) is 5.02 Å². The Hall–Kier alpha value is -2.53. The smallest absolute Gasteiger partial charge is 0.319 e. The number of sulfonamides is 1. The van der Waals surface area contributed by atoms with E-state index in [1.54, 1.807) is 24.3 Å². The van der Waals surface area contributed by atoms with E-state index in [1.807, 2.05) is 11.8 Å². The molecule has 33 heavy (non-hydrogen) atoms. The third kappa shape index (κ3) is 4.35. The van der Waals surface area contributed by atoms with Gasteiger partial charge in [-0.25, -0.2) is 22.5 Å². The molecule has 0 spiro atoms. The van der Waals surface area contributed by atoms with Crippen LogP contribution in [0.25, 0.3) is 0 Å². The van der Waals surface area contributed by atoms with Crippen LogP contribution in [0.3, 0.4) is 0 Å². The summed E-state index contributed by atoms with van der Waals surface area (Å²) in [6.45, 7) is 2.86. The molecule has 2 fully saturated rings. The van der Waals surface area contributed by atoms with Crippen molar-refractivity contribution in [2.45, 2.75) is 23.8 Å². The number of urea groups is 1. The lowest BCUT2D eigenvalue weighted by Gasteiger charge is -2.35. The fourth-order valence-electron chi connectivity index (χ4n) is 4.22. The molecule has 176 valence electrons. The molecule has 2 heterocycles. The Morgan fingerprint density at radius 1 is 1.06 bits per heavy atom. The fraction of sp³-hybridized carbons (Fsp3) is 0.364. The number of carbonyl (C=O) groups is 2. The molecule has 0 radical (unpaired) electrons. The number of benzene rings is 2. The first-order valence-corrected chi connectivity index (χ1v) is 12.4. The highest BCUT2D eigenvalue weighted by Crippen LogP contribution is 2.33. The fourth-order valence-corrected chi connectivity index (χ4v) is 5.80. The molecular formula is C22H24ClFN4O4S. The second kappa shape index (κ2) is 9.02. The summed E-state index contributed by atoms with van der Waals surface area (Å²) in [7, 11) is -3.82. The van der Waals surface area contributed by atoms with Gasteiger partial charge in [0.2, 0.25) is 10.0 Å². The minimum Gasteiger partial charge on any atom is -0.319 e. The van der Waals surface area contributed by atoms with Crippen molar-refractivity contribution >= 4 is 33.6 Å². The van der Waals surface area contributed by atoms with Crippen molar-refractivity contribution in [3.05, 3.63) is 64.9 Å². The second-order valence-corrected chi connectivity index (χ2v) is 10.4. The van der Waals surface area contributed by atoms with Crippen LogP contribution in [0.4, 0.5) is 9.18 Å². The molecule has 2 saturated heterocycles. The monoisotopic (exact) mass is 494 g/mol. The molecule has 0 saturated carbocycles. The van der Waals surface area contributed by atoms with E-state index >= 15 is 0 Å². The van der Waals surface area contributed by atoms with Crippen molar-refractivity contribution in [3.63, 3.8) is 0 Å². The van der Waals surface area contributed by atoms with Crippen molar-refractivity contribution in [1.29, 1.82) is 0 Å². The molecular weight excluding hydrogens is 471 g/mol. The summed E-state index contributed by atoms with van der Waals surface area (Å²) in [6, 6.07) is 11.2. The summed E-state index contributed by atoms with van der Waals surface area (Å²) in [6.07, 6.45) is 0.370. The quantitative estimate of drug-likeness (QED) is 0.623. The maximum Gasteiger partial charge on any atom is 0.326 e. The first-order valence-electron chi connectivity index (χ1n) is 10.6. The van der Waals surface area contributed by atoms with Gasteiger partial charge < -0.3 is 5.32 Å². The van der Waals surface area contributed by atoms with Gasteiger partial charge in [-0.05, 0) is 42.3 Å². The van der Waals surface area contributed by atoms with Crippen molar-refractivity contribution in [2.24, 2.45) is 0 Å². The molecule has 3 amide bonds. The molecule has 0 aromatic heterocycles. The summed E-state index contributed by atoms with van der Waals surface area (Å²) < 4.78 is 40.4. The zero-order valence-corrected chi connectivity index (χ0v) is 19.6. The lowest BCUT2D eigenvalue weighted by atomic mass is 9.87. The second-order valence-electron chi connectivity index (χ2n) is 8.05. The Morgan fingerprint density at radius 3 is 2.33 bits per heavy atom. The van der Waals surface area contributed by atoms with Crippen molar-refractivity contribution in [1.82, 2.24) is 19.4 Å². The highest BCUT2D eigenvalue weighted by atomic mass is 35.5. The van der Waals surface area contributed by atoms with E-state index in [2.05, 4.69) is 5.32 Å². The van der Waals surface area contributed by atoms with Gasteiger partial charge in [0.15, 0.2) is 0 Å². The molecule has 1 N–H and O–H groups in total. The molecule has 2 aliphatic heterocycles. The maximum atomic E-state index is 13.5. The molecule has 0 unspecified atom stereocenters. The lowest BCUT2D eigenvalue weighted by molar-refractivity contribution is -0.133. The zero-order chi connectivity index (χ0) is 23.8. The lowest BCUT2D eigenvalue weighted by Crippen LogP contribution is -2.52. The highest BCUT2D eigenvalue weighted by molar-refractivity contribution is 7.89. The number of hydrogen-bond donors (Lipinski definition) is 1. The van der Waals surface area contributed by atoms with E-state index in [0.717, 1.165) is 11.0 Å². The molecule has 0 aliphatic carbocycles. The van der Waals surface area contributed by atoms with Crippen LogP contribution in [0.5, 0.6) is 0 Å². The number of halogens is 2. The first kappa shape index (κ1) is 23.6. The number of amides is 3. The van der Waals surface area contributed by atoms with E-state index < -0.39 is 27.4 Å². The first-order chi connectivity index (χ1) is 15.7. The largest absolute Gasteiger partial charge is 0.326 e. The Balaban J connectivity index is 1.44. The summed E-state index contributed by atoms with van der Waals surface area (Å²) >= 11 is 5.97. The SMILES string of the molecule is CC[C@@]1(c2ccc(Cl)cc2)NC(=O)N(CN2CCN(S(=O)(=O)c3cccc(F)c3)CC2)C1=O. The van der Waals surface area contributed by atoms with Gasteiger partial charge in [0.05, 0.1) is 11.6 Å². The number of nitrogens with zero attached hydrogens (tertiary/aromatic N) is 3. The van der Waals surface area contributed by atoms with Crippen LogP contribution in [0, 0.1) is 5.82 Å². The molecule has 2 aromatic rings. The number of carbonyl (C=O) groups excluding carboxylic acids is 2. The van der Waals surface area contributed by atoms with Gasteiger partial charge in [-0.15, -0.1) is 0 Å². The van der Waals surface area contributed by atoms with Crippen LogP contribution in [0.15, 0.2) is 53.4 Å². The Labute approximate surface area is 197 Å². The van der Waals surface area contributed by atoms with Crippen LogP contribution < -0.4 is 5.32 Å². The zero-order valence-electron chi connectivity index (χ0n) is 18.0. The Kier molecular flexibility index (Phi) is 6.45. The van der Waals surface area contributed by atoms with Gasteiger partial charge >= 0.3 is 6.03 Å². The van der Waals surface area contributed by atoms with Crippen molar-refractivity contribution < 1.29 is 22.4 Å². The van der Waals surface area contributed by atoms with Gasteiger partial charge in [0.1, 0.15) is 11.4 Å². The predicted octanol–water partition coefficient (Wildman–Crippen LogP) is 2.60. The third-order valence-corrected chi connectivity index (χ3v) is 8.30. The van der Waals surface area contributed by atoms with Crippen molar-refractivity contribution in [3.8, 4) is 0 Å². The Morgan fingerprint density at radius 2 is 1.73 bits per heavy atom. The van der Waals surface area contributed by atoms with Gasteiger partial charge in [-0.2, -0.15) is 4.31 Å². The molecule has 1 atom stereocenters. The predicted molar refractivity (Wildman–Crippen MR) is 120 cm³/mol. The normalized spacial score (nSPS) is 22.6. The molecule has 2 aliphatic rings. The average molecular weight is 495 g/mol. The van der Waals surface area contributed by atoms with Crippen LogP contribution in [-0.4, -0.2) is 67.3 Å². The topological polar surface area (TPSA) is 90.0 Å². The highest BCUT2D eigenvalue weighted by Gasteiger charge is 2.51. The minimum atomic E-state index is -3.82. The minimum absolute atomic E-state index is 0.0495. The number of piperazine rings is 1. The standard InChI is InChI=1S/C22H24ClFN4O4S/c1-2-22(16-6-8-17(23)9-7-16)20(29)28(21(30)25-22)15-26-10-12-27(13-11-26)33(31,32)19-5-3-4-18(24)14-19/h3-9,14H,2,10-13,15H2,1H3,(H,25,30)/t22-/m0/s1. The van der Waals surface area contributed by atoms with Gasteiger partial charge in [-0.3, -0.25) is 9.69 Å². The Bertz CT molecular complexity index is 1170. The molecule has 2 aromatic carbocycles. The average Bonchev–Trinajstić information content (AvgIpc) is 3.05. The molecule has 11 heteroatoms. The van der Waals surface area contributed by atoms with Crippen LogP contribution >= 0.6 is 11.6 Å².